The summed E-state index contributed by atoms with van der Waals surface area (Å²) in [5.41, 5.74) is 0.886. The van der Waals surface area contributed by atoms with E-state index in [1.54, 1.807) is 13.2 Å². The average molecular weight is 283 g/mol. The largest absolute Gasteiger partial charge is 0.494 e. The van der Waals surface area contributed by atoms with Gasteiger partial charge in [-0.2, -0.15) is 0 Å². The van der Waals surface area contributed by atoms with Gasteiger partial charge >= 0.3 is 0 Å². The smallest absolute Gasteiger partial charge is 0.165 e. The molecule has 0 aliphatic rings. The van der Waals surface area contributed by atoms with Crippen molar-refractivity contribution in [1.29, 1.82) is 0 Å². The van der Waals surface area contributed by atoms with Crippen LogP contribution in [0.1, 0.15) is 38.8 Å². The van der Waals surface area contributed by atoms with Crippen LogP contribution in [0.5, 0.6) is 5.75 Å². The van der Waals surface area contributed by atoms with Crippen molar-refractivity contribution in [3.63, 3.8) is 0 Å². The van der Waals surface area contributed by atoms with Gasteiger partial charge < -0.3 is 14.8 Å². The van der Waals surface area contributed by atoms with E-state index >= 15 is 0 Å². The summed E-state index contributed by atoms with van der Waals surface area (Å²) in [6.45, 7) is 7.18. The fraction of sp³-hybridized carbons (Fsp3) is 0.625. The number of hydrogen-bond donors (Lipinski definition) is 1. The zero-order valence-corrected chi connectivity index (χ0v) is 13.1. The normalized spacial score (nSPS) is 14.3. The molecule has 1 rings (SSSR count). The molecule has 0 saturated carbocycles. The van der Waals surface area contributed by atoms with Crippen LogP contribution in [0.2, 0.25) is 0 Å². The summed E-state index contributed by atoms with van der Waals surface area (Å²) in [7, 11) is 3.17. The van der Waals surface area contributed by atoms with Gasteiger partial charge in [0.15, 0.2) is 11.6 Å². The van der Waals surface area contributed by atoms with Crippen molar-refractivity contribution in [3.8, 4) is 5.75 Å². The summed E-state index contributed by atoms with van der Waals surface area (Å²) >= 11 is 0. The summed E-state index contributed by atoms with van der Waals surface area (Å²) < 4.78 is 24.5. The molecule has 1 aromatic carbocycles. The zero-order valence-electron chi connectivity index (χ0n) is 13.1. The average Bonchev–Trinajstić information content (AvgIpc) is 2.42. The van der Waals surface area contributed by atoms with Crippen molar-refractivity contribution >= 4 is 0 Å². The van der Waals surface area contributed by atoms with Gasteiger partial charge in [0, 0.05) is 7.11 Å². The van der Waals surface area contributed by atoms with Crippen LogP contribution in [0.3, 0.4) is 0 Å². The monoisotopic (exact) mass is 283 g/mol. The maximum atomic E-state index is 13.9. The fourth-order valence-electron chi connectivity index (χ4n) is 2.39. The Kier molecular flexibility index (Phi) is 6.96. The van der Waals surface area contributed by atoms with Crippen LogP contribution in [-0.4, -0.2) is 26.9 Å². The first-order valence-corrected chi connectivity index (χ1v) is 7.14. The second-order valence-electron chi connectivity index (χ2n) is 5.27. The Morgan fingerprint density at radius 2 is 1.95 bits per heavy atom. The van der Waals surface area contributed by atoms with Crippen molar-refractivity contribution in [3.05, 3.63) is 29.6 Å². The van der Waals surface area contributed by atoms with Crippen LogP contribution in [0, 0.1) is 11.7 Å². The molecule has 0 amide bonds. The Morgan fingerprint density at radius 1 is 1.25 bits per heavy atom. The minimum Gasteiger partial charge on any atom is -0.494 e. The Morgan fingerprint density at radius 3 is 2.40 bits per heavy atom. The number of methoxy groups -OCH3 is 2. The van der Waals surface area contributed by atoms with Gasteiger partial charge in [0.05, 0.1) is 19.3 Å². The molecule has 4 heteroatoms. The highest BCUT2D eigenvalue weighted by molar-refractivity contribution is 5.31. The molecule has 0 aliphatic heterocycles. The molecule has 114 valence electrons. The Balaban J connectivity index is 3.05. The third-order valence-corrected chi connectivity index (χ3v) is 3.41. The number of rotatable bonds is 8. The molecule has 3 nitrogen and oxygen atoms in total. The summed E-state index contributed by atoms with van der Waals surface area (Å²) in [6, 6.07) is 5.06. The number of nitrogens with one attached hydrogen (secondary N) is 1. The molecule has 0 aliphatic carbocycles. The predicted octanol–water partition coefficient (Wildman–Crippen LogP) is 3.55. The molecule has 2 unspecified atom stereocenters. The highest BCUT2D eigenvalue weighted by Crippen LogP contribution is 2.28. The van der Waals surface area contributed by atoms with Crippen molar-refractivity contribution in [2.75, 3.05) is 20.8 Å². The summed E-state index contributed by atoms with van der Waals surface area (Å²) in [6.07, 6.45) is 1.01. The molecule has 0 saturated heterocycles. The molecular weight excluding hydrogens is 257 g/mol. The van der Waals surface area contributed by atoms with Gasteiger partial charge in [-0.15, -0.1) is 0 Å². The molecule has 0 aromatic heterocycles. The Bertz CT molecular complexity index is 409. The lowest BCUT2D eigenvalue weighted by Crippen LogP contribution is -2.37. The van der Waals surface area contributed by atoms with E-state index in [2.05, 4.69) is 26.1 Å². The van der Waals surface area contributed by atoms with E-state index in [-0.39, 0.29) is 23.7 Å². The molecule has 1 N–H and O–H groups in total. The third-order valence-electron chi connectivity index (χ3n) is 3.41. The number of hydrogen-bond acceptors (Lipinski definition) is 3. The topological polar surface area (TPSA) is 30.5 Å². The van der Waals surface area contributed by atoms with Crippen molar-refractivity contribution in [1.82, 2.24) is 5.32 Å². The zero-order chi connectivity index (χ0) is 15.1. The van der Waals surface area contributed by atoms with Gasteiger partial charge in [-0.1, -0.05) is 26.8 Å². The van der Waals surface area contributed by atoms with Gasteiger partial charge in [0.25, 0.3) is 0 Å². The minimum atomic E-state index is -0.341. The molecule has 0 heterocycles. The number of ether oxygens (including phenoxy) is 2. The first kappa shape index (κ1) is 16.9. The standard InChI is InChI=1S/C16H26FNO2/c1-6-9-18-15(16(20-5)11(2)3)12-7-8-14(19-4)13(17)10-12/h7-8,10-11,15-16,18H,6,9H2,1-5H3. The maximum Gasteiger partial charge on any atom is 0.165 e. The molecule has 1 aromatic rings. The Hall–Kier alpha value is -1.13. The van der Waals surface area contributed by atoms with Crippen LogP contribution >= 0.6 is 0 Å². The second-order valence-corrected chi connectivity index (χ2v) is 5.27. The lowest BCUT2D eigenvalue weighted by Gasteiger charge is -2.30. The Labute approximate surface area is 121 Å². The van der Waals surface area contributed by atoms with Crippen molar-refractivity contribution in [2.24, 2.45) is 5.92 Å². The van der Waals surface area contributed by atoms with Crippen LogP contribution in [0.25, 0.3) is 0 Å². The van der Waals surface area contributed by atoms with E-state index in [4.69, 9.17) is 9.47 Å². The fourth-order valence-corrected chi connectivity index (χ4v) is 2.39. The SMILES string of the molecule is CCCNC(c1ccc(OC)c(F)c1)C(OC)C(C)C. The van der Waals surface area contributed by atoms with Gasteiger partial charge in [-0.3, -0.25) is 0 Å². The van der Waals surface area contributed by atoms with E-state index in [0.717, 1.165) is 18.5 Å². The molecule has 0 spiro atoms. The minimum absolute atomic E-state index is 0.00524. The highest BCUT2D eigenvalue weighted by Gasteiger charge is 2.26. The highest BCUT2D eigenvalue weighted by atomic mass is 19.1. The quantitative estimate of drug-likeness (QED) is 0.791. The van der Waals surface area contributed by atoms with E-state index in [9.17, 15) is 4.39 Å². The summed E-state index contributed by atoms with van der Waals surface area (Å²) in [5.74, 6) is 0.257. The first-order valence-electron chi connectivity index (χ1n) is 7.14. The maximum absolute atomic E-state index is 13.9. The van der Waals surface area contributed by atoms with E-state index in [1.807, 2.05) is 6.07 Å². The van der Waals surface area contributed by atoms with Crippen molar-refractivity contribution in [2.45, 2.75) is 39.3 Å². The summed E-state index contributed by atoms with van der Waals surface area (Å²) in [5, 5.41) is 3.45. The van der Waals surface area contributed by atoms with E-state index in [0.29, 0.717) is 5.92 Å². The van der Waals surface area contributed by atoms with Crippen LogP contribution in [0.4, 0.5) is 4.39 Å². The summed E-state index contributed by atoms with van der Waals surface area (Å²) in [4.78, 5) is 0. The van der Waals surface area contributed by atoms with Crippen LogP contribution < -0.4 is 10.1 Å². The molecule has 20 heavy (non-hydrogen) atoms. The second kappa shape index (κ2) is 8.22. The van der Waals surface area contributed by atoms with Gasteiger partial charge in [0.2, 0.25) is 0 Å². The van der Waals surface area contributed by atoms with Gasteiger partial charge in [0.1, 0.15) is 0 Å². The molecule has 0 radical (unpaired) electrons. The number of halogens is 1. The molecule has 0 bridgehead atoms. The van der Waals surface area contributed by atoms with Gasteiger partial charge in [-0.25, -0.2) is 4.39 Å². The lowest BCUT2D eigenvalue weighted by atomic mass is 9.93. The molecule has 2 atom stereocenters. The third kappa shape index (κ3) is 4.18. The van der Waals surface area contributed by atoms with E-state index in [1.165, 1.54) is 13.2 Å². The molecular formula is C16H26FNO2. The lowest BCUT2D eigenvalue weighted by molar-refractivity contribution is 0.0326. The van der Waals surface area contributed by atoms with Crippen LogP contribution in [-0.2, 0) is 4.74 Å². The van der Waals surface area contributed by atoms with Gasteiger partial charge in [-0.05, 0) is 36.6 Å². The van der Waals surface area contributed by atoms with E-state index < -0.39 is 0 Å². The molecule has 0 fully saturated rings. The number of benzene rings is 1. The predicted molar refractivity (Wildman–Crippen MR) is 79.6 cm³/mol. The first-order chi connectivity index (χ1) is 9.54. The van der Waals surface area contributed by atoms with Crippen molar-refractivity contribution < 1.29 is 13.9 Å². The van der Waals surface area contributed by atoms with Crippen LogP contribution in [0.15, 0.2) is 18.2 Å².